The van der Waals surface area contributed by atoms with E-state index in [2.05, 4.69) is 35.4 Å². The molecule has 3 heteroatoms. The topological polar surface area (TPSA) is 27.8 Å². The van der Waals surface area contributed by atoms with Gasteiger partial charge in [0.1, 0.15) is 0 Å². The van der Waals surface area contributed by atoms with Crippen LogP contribution in [-0.2, 0) is 0 Å². The summed E-state index contributed by atoms with van der Waals surface area (Å²) in [7, 11) is 0. The number of halogens is 1. The van der Waals surface area contributed by atoms with Crippen LogP contribution in [0.25, 0.3) is 0 Å². The van der Waals surface area contributed by atoms with Crippen molar-refractivity contribution in [2.24, 2.45) is 0 Å². The van der Waals surface area contributed by atoms with Crippen LogP contribution in [0.15, 0.2) is 36.5 Å². The number of aryl methyl sites for hydroxylation is 1. The summed E-state index contributed by atoms with van der Waals surface area (Å²) in [4.78, 5) is 3.27. The van der Waals surface area contributed by atoms with Crippen LogP contribution in [0, 0.1) is 6.92 Å². The number of aromatic nitrogens is 1. The van der Waals surface area contributed by atoms with Gasteiger partial charge in [0, 0.05) is 16.9 Å². The van der Waals surface area contributed by atoms with Gasteiger partial charge in [-0.25, -0.2) is 0 Å². The predicted octanol–water partition coefficient (Wildman–Crippen LogP) is 4.07. The van der Waals surface area contributed by atoms with Crippen molar-refractivity contribution in [1.29, 1.82) is 0 Å². The molecule has 96 valence electrons. The monoisotopic (exact) mass is 262 g/mol. The molecule has 0 aliphatic heterocycles. The first-order chi connectivity index (χ1) is 8.72. The zero-order valence-electron chi connectivity index (χ0n) is 10.8. The maximum Gasteiger partial charge on any atom is 0.0729 e. The summed E-state index contributed by atoms with van der Waals surface area (Å²) < 4.78 is 0. The van der Waals surface area contributed by atoms with E-state index in [0.29, 0.717) is 0 Å². The van der Waals surface area contributed by atoms with Gasteiger partial charge in [-0.3, -0.25) is 0 Å². The lowest BCUT2D eigenvalue weighted by molar-refractivity contribution is 0.589. The fraction of sp³-hybridized carbons (Fsp3) is 0.333. The second-order valence-corrected chi connectivity index (χ2v) is 4.93. The molecule has 0 aliphatic carbocycles. The van der Waals surface area contributed by atoms with E-state index in [0.717, 1.165) is 23.6 Å². The molecular formula is C15H19ClN2. The third kappa shape index (κ3) is 2.95. The second kappa shape index (κ2) is 6.07. The van der Waals surface area contributed by atoms with Crippen molar-refractivity contribution in [3.63, 3.8) is 0 Å². The average Bonchev–Trinajstić information content (AvgIpc) is 2.88. The summed E-state index contributed by atoms with van der Waals surface area (Å²) in [5, 5.41) is 4.37. The van der Waals surface area contributed by atoms with Crippen LogP contribution in [0.4, 0.5) is 0 Å². The first-order valence-electron chi connectivity index (χ1n) is 6.35. The van der Waals surface area contributed by atoms with Gasteiger partial charge in [0.15, 0.2) is 0 Å². The highest BCUT2D eigenvalue weighted by Crippen LogP contribution is 2.25. The molecule has 1 heterocycles. The number of H-pyrrole nitrogens is 1. The Bertz CT molecular complexity index is 491. The van der Waals surface area contributed by atoms with Gasteiger partial charge in [-0.2, -0.15) is 0 Å². The van der Waals surface area contributed by atoms with Gasteiger partial charge in [-0.15, -0.1) is 0 Å². The van der Waals surface area contributed by atoms with Gasteiger partial charge >= 0.3 is 0 Å². The number of aromatic amines is 1. The molecule has 1 aromatic carbocycles. The summed E-state index contributed by atoms with van der Waals surface area (Å²) >= 11 is 6.22. The SMILES string of the molecule is CCCNC(c1ccc(C)c(Cl)c1)c1ccc[nH]1. The smallest absolute Gasteiger partial charge is 0.0729 e. The number of benzene rings is 1. The molecule has 2 N–H and O–H groups in total. The molecule has 2 rings (SSSR count). The lowest BCUT2D eigenvalue weighted by atomic mass is 10.0. The quantitative estimate of drug-likeness (QED) is 0.835. The second-order valence-electron chi connectivity index (χ2n) is 4.52. The van der Waals surface area contributed by atoms with E-state index >= 15 is 0 Å². The maximum absolute atomic E-state index is 6.22. The molecular weight excluding hydrogens is 244 g/mol. The molecule has 0 fully saturated rings. The summed E-state index contributed by atoms with van der Waals surface area (Å²) in [5.74, 6) is 0. The first kappa shape index (κ1) is 13.2. The normalized spacial score (nSPS) is 12.6. The lowest BCUT2D eigenvalue weighted by Gasteiger charge is -2.18. The molecule has 0 spiro atoms. The van der Waals surface area contributed by atoms with Crippen LogP contribution in [0.3, 0.4) is 0 Å². The Morgan fingerprint density at radius 1 is 1.33 bits per heavy atom. The number of rotatable bonds is 5. The summed E-state index contributed by atoms with van der Waals surface area (Å²) in [6, 6.07) is 10.5. The summed E-state index contributed by atoms with van der Waals surface area (Å²) in [6.07, 6.45) is 3.06. The summed E-state index contributed by atoms with van der Waals surface area (Å²) in [6.45, 7) is 5.17. The zero-order valence-corrected chi connectivity index (χ0v) is 11.6. The maximum atomic E-state index is 6.22. The highest BCUT2D eigenvalue weighted by atomic mass is 35.5. The standard InChI is InChI=1S/C15H19ClN2/c1-3-8-18-15(14-5-4-9-17-14)12-7-6-11(2)13(16)10-12/h4-7,9-10,15,17-18H,3,8H2,1-2H3. The minimum atomic E-state index is 0.179. The number of hydrogen-bond acceptors (Lipinski definition) is 1. The Morgan fingerprint density at radius 2 is 2.17 bits per heavy atom. The van der Waals surface area contributed by atoms with E-state index in [4.69, 9.17) is 11.6 Å². The fourth-order valence-electron chi connectivity index (χ4n) is 2.01. The van der Waals surface area contributed by atoms with Crippen molar-refractivity contribution >= 4 is 11.6 Å². The molecule has 0 saturated carbocycles. The number of nitrogens with one attached hydrogen (secondary N) is 2. The van der Waals surface area contributed by atoms with Crippen LogP contribution in [-0.4, -0.2) is 11.5 Å². The first-order valence-corrected chi connectivity index (χ1v) is 6.73. The van der Waals surface area contributed by atoms with E-state index in [1.807, 2.05) is 25.3 Å². The van der Waals surface area contributed by atoms with Crippen LogP contribution >= 0.6 is 11.6 Å². The van der Waals surface area contributed by atoms with E-state index in [-0.39, 0.29) is 6.04 Å². The molecule has 1 atom stereocenters. The Hall–Kier alpha value is -1.25. The van der Waals surface area contributed by atoms with Gasteiger partial charge in [0.05, 0.1) is 6.04 Å². The Balaban J connectivity index is 2.30. The molecule has 0 amide bonds. The lowest BCUT2D eigenvalue weighted by Crippen LogP contribution is -2.23. The van der Waals surface area contributed by atoms with E-state index in [9.17, 15) is 0 Å². The number of hydrogen-bond donors (Lipinski definition) is 2. The molecule has 0 radical (unpaired) electrons. The predicted molar refractivity (Wildman–Crippen MR) is 77.1 cm³/mol. The molecule has 0 aliphatic rings. The molecule has 2 aromatic rings. The van der Waals surface area contributed by atoms with Crippen molar-refractivity contribution < 1.29 is 0 Å². The highest BCUT2D eigenvalue weighted by molar-refractivity contribution is 6.31. The molecule has 1 unspecified atom stereocenters. The van der Waals surface area contributed by atoms with Crippen molar-refractivity contribution in [1.82, 2.24) is 10.3 Å². The van der Waals surface area contributed by atoms with Crippen molar-refractivity contribution in [3.8, 4) is 0 Å². The van der Waals surface area contributed by atoms with E-state index < -0.39 is 0 Å². The van der Waals surface area contributed by atoms with Crippen LogP contribution in [0.1, 0.15) is 36.2 Å². The molecule has 0 bridgehead atoms. The van der Waals surface area contributed by atoms with Gasteiger partial charge < -0.3 is 10.3 Å². The Labute approximate surface area is 113 Å². The van der Waals surface area contributed by atoms with Gasteiger partial charge in [-0.05, 0) is 49.2 Å². The minimum absolute atomic E-state index is 0.179. The molecule has 18 heavy (non-hydrogen) atoms. The van der Waals surface area contributed by atoms with E-state index in [1.54, 1.807) is 0 Å². The van der Waals surface area contributed by atoms with Gasteiger partial charge in [0.2, 0.25) is 0 Å². The summed E-state index contributed by atoms with van der Waals surface area (Å²) in [5.41, 5.74) is 3.48. The Morgan fingerprint density at radius 3 is 2.78 bits per heavy atom. The van der Waals surface area contributed by atoms with Gasteiger partial charge in [-0.1, -0.05) is 30.7 Å². The van der Waals surface area contributed by atoms with Crippen LogP contribution < -0.4 is 5.32 Å². The molecule has 2 nitrogen and oxygen atoms in total. The third-order valence-corrected chi connectivity index (χ3v) is 3.47. The molecule has 1 aromatic heterocycles. The van der Waals surface area contributed by atoms with Crippen LogP contribution in [0.2, 0.25) is 5.02 Å². The van der Waals surface area contributed by atoms with Crippen LogP contribution in [0.5, 0.6) is 0 Å². The highest BCUT2D eigenvalue weighted by Gasteiger charge is 2.14. The fourth-order valence-corrected chi connectivity index (χ4v) is 2.20. The largest absolute Gasteiger partial charge is 0.363 e. The Kier molecular flexibility index (Phi) is 4.45. The van der Waals surface area contributed by atoms with Crippen molar-refractivity contribution in [3.05, 3.63) is 58.4 Å². The third-order valence-electron chi connectivity index (χ3n) is 3.06. The van der Waals surface area contributed by atoms with Crippen molar-refractivity contribution in [2.45, 2.75) is 26.3 Å². The van der Waals surface area contributed by atoms with Gasteiger partial charge in [0.25, 0.3) is 0 Å². The average molecular weight is 263 g/mol. The minimum Gasteiger partial charge on any atom is -0.363 e. The van der Waals surface area contributed by atoms with E-state index in [1.165, 1.54) is 11.3 Å². The van der Waals surface area contributed by atoms with Crippen molar-refractivity contribution in [2.75, 3.05) is 6.54 Å². The zero-order chi connectivity index (χ0) is 13.0. The molecule has 0 saturated heterocycles.